The highest BCUT2D eigenvalue weighted by atomic mass is 16.6. The molecule has 5 nitrogen and oxygen atoms in total. The molecule has 1 unspecified atom stereocenters. The topological polar surface area (TPSA) is 42.0 Å². The molecule has 0 aromatic rings. The van der Waals surface area contributed by atoms with Crippen LogP contribution in [0.5, 0.6) is 0 Å². The van der Waals surface area contributed by atoms with Crippen LogP contribution in [0.15, 0.2) is 0 Å². The van der Waals surface area contributed by atoms with Crippen LogP contribution in [0.3, 0.4) is 0 Å². The summed E-state index contributed by atoms with van der Waals surface area (Å²) < 4.78 is 10.2. The van der Waals surface area contributed by atoms with E-state index in [1.807, 2.05) is 6.92 Å². The van der Waals surface area contributed by atoms with Crippen molar-refractivity contribution in [3.05, 3.63) is 0 Å². The molecule has 5 heteroatoms. The summed E-state index contributed by atoms with van der Waals surface area (Å²) in [6, 6.07) is 0.743. The van der Waals surface area contributed by atoms with Gasteiger partial charge in [-0.05, 0) is 45.8 Å². The average molecular weight is 270 g/mol. The van der Waals surface area contributed by atoms with Gasteiger partial charge in [-0.25, -0.2) is 4.79 Å². The van der Waals surface area contributed by atoms with Crippen LogP contribution < -0.4 is 0 Å². The van der Waals surface area contributed by atoms with E-state index in [9.17, 15) is 4.79 Å². The second kappa shape index (κ2) is 7.82. The second-order valence-corrected chi connectivity index (χ2v) is 5.34. The molecule has 110 valence electrons. The van der Waals surface area contributed by atoms with E-state index in [1.54, 1.807) is 0 Å². The highest BCUT2D eigenvalue weighted by molar-refractivity contribution is 5.70. The van der Waals surface area contributed by atoms with Crippen LogP contribution in [-0.2, 0) is 14.3 Å². The number of carbonyl (C=O) groups excluding carboxylic acids is 1. The van der Waals surface area contributed by atoms with E-state index in [4.69, 9.17) is 9.47 Å². The van der Waals surface area contributed by atoms with E-state index >= 15 is 0 Å². The van der Waals surface area contributed by atoms with Gasteiger partial charge in [0, 0.05) is 19.1 Å². The molecule has 0 spiro atoms. The summed E-state index contributed by atoms with van der Waals surface area (Å²) in [4.78, 5) is 16.2. The van der Waals surface area contributed by atoms with Crippen LogP contribution in [0, 0.1) is 0 Å². The van der Waals surface area contributed by atoms with E-state index in [-0.39, 0.29) is 12.6 Å². The summed E-state index contributed by atoms with van der Waals surface area (Å²) in [5.74, 6) is -0.264. The summed E-state index contributed by atoms with van der Waals surface area (Å²) in [6.45, 7) is 8.67. The Balaban J connectivity index is 1.61. The van der Waals surface area contributed by atoms with Crippen molar-refractivity contribution in [3.8, 4) is 0 Å². The zero-order valence-corrected chi connectivity index (χ0v) is 12.0. The third kappa shape index (κ3) is 4.75. The molecule has 0 aromatic carbocycles. The summed E-state index contributed by atoms with van der Waals surface area (Å²) in [7, 11) is 0. The predicted molar refractivity (Wildman–Crippen MR) is 73.1 cm³/mol. The monoisotopic (exact) mass is 270 g/mol. The Hall–Kier alpha value is -0.650. The van der Waals surface area contributed by atoms with Gasteiger partial charge in [-0.2, -0.15) is 0 Å². The van der Waals surface area contributed by atoms with Crippen LogP contribution in [0.1, 0.15) is 26.2 Å². The first-order valence-corrected chi connectivity index (χ1v) is 7.49. The smallest absolute Gasteiger partial charge is 0.332 e. The number of esters is 1. The van der Waals surface area contributed by atoms with Crippen molar-refractivity contribution in [1.29, 1.82) is 0 Å². The number of fused-ring (bicyclic) bond motifs is 1. The molecule has 0 radical (unpaired) electrons. The van der Waals surface area contributed by atoms with Crippen molar-refractivity contribution in [2.45, 2.75) is 32.2 Å². The molecular formula is C14H26N2O3. The van der Waals surface area contributed by atoms with Gasteiger partial charge >= 0.3 is 5.97 Å². The van der Waals surface area contributed by atoms with Crippen molar-refractivity contribution < 1.29 is 14.3 Å². The Morgan fingerprint density at radius 3 is 2.95 bits per heavy atom. The first-order chi connectivity index (χ1) is 9.29. The molecule has 0 saturated carbocycles. The first-order valence-electron chi connectivity index (χ1n) is 7.49. The number of ether oxygens (including phenoxy) is 2. The maximum Gasteiger partial charge on any atom is 0.332 e. The van der Waals surface area contributed by atoms with Gasteiger partial charge in [0.1, 0.15) is 6.61 Å². The lowest BCUT2D eigenvalue weighted by molar-refractivity contribution is -0.148. The summed E-state index contributed by atoms with van der Waals surface area (Å²) in [6.07, 6.45) is 3.92. The SMILES string of the molecule is CCOC(=O)COCCN1CCCN2CCCC2C1. The summed E-state index contributed by atoms with van der Waals surface area (Å²) in [5, 5.41) is 0. The lowest BCUT2D eigenvalue weighted by atomic mass is 10.2. The molecule has 19 heavy (non-hydrogen) atoms. The van der Waals surface area contributed by atoms with Crippen molar-refractivity contribution in [2.24, 2.45) is 0 Å². The fourth-order valence-corrected chi connectivity index (χ4v) is 3.04. The highest BCUT2D eigenvalue weighted by Crippen LogP contribution is 2.20. The molecular weight excluding hydrogens is 244 g/mol. The van der Waals surface area contributed by atoms with Gasteiger partial charge < -0.3 is 9.47 Å². The average Bonchev–Trinajstić information content (AvgIpc) is 2.73. The van der Waals surface area contributed by atoms with Gasteiger partial charge in [0.25, 0.3) is 0 Å². The third-order valence-corrected chi connectivity index (χ3v) is 3.96. The van der Waals surface area contributed by atoms with E-state index in [0.717, 1.165) is 25.7 Å². The van der Waals surface area contributed by atoms with Crippen molar-refractivity contribution in [2.75, 3.05) is 52.5 Å². The minimum absolute atomic E-state index is 0.0806. The Labute approximate surface area is 115 Å². The van der Waals surface area contributed by atoms with Crippen LogP contribution >= 0.6 is 0 Å². The van der Waals surface area contributed by atoms with Crippen LogP contribution in [0.4, 0.5) is 0 Å². The standard InChI is InChI=1S/C14H26N2O3/c1-2-19-14(17)12-18-10-9-15-6-4-8-16-7-3-5-13(16)11-15/h13H,2-12H2,1H3. The molecule has 0 N–H and O–H groups in total. The minimum atomic E-state index is -0.264. The quantitative estimate of drug-likeness (QED) is 0.526. The molecule has 2 saturated heterocycles. The largest absolute Gasteiger partial charge is 0.464 e. The Morgan fingerprint density at radius 2 is 2.11 bits per heavy atom. The van der Waals surface area contributed by atoms with Crippen LogP contribution in [0.2, 0.25) is 0 Å². The molecule has 2 aliphatic heterocycles. The zero-order chi connectivity index (χ0) is 13.5. The maximum atomic E-state index is 11.1. The molecule has 0 amide bonds. The van der Waals surface area contributed by atoms with E-state index in [0.29, 0.717) is 13.2 Å². The summed E-state index contributed by atoms with van der Waals surface area (Å²) in [5.41, 5.74) is 0. The number of nitrogens with zero attached hydrogens (tertiary/aromatic N) is 2. The Bertz CT molecular complexity index is 286. The number of rotatable bonds is 6. The fraction of sp³-hybridized carbons (Fsp3) is 0.929. The predicted octanol–water partition coefficient (Wildman–Crippen LogP) is 0.736. The van der Waals surface area contributed by atoms with Gasteiger partial charge in [-0.3, -0.25) is 9.80 Å². The Morgan fingerprint density at radius 1 is 1.26 bits per heavy atom. The molecule has 2 rings (SSSR count). The fourth-order valence-electron chi connectivity index (χ4n) is 3.04. The highest BCUT2D eigenvalue weighted by Gasteiger charge is 2.28. The first kappa shape index (κ1) is 14.8. The molecule has 0 aromatic heterocycles. The molecule has 2 aliphatic rings. The van der Waals surface area contributed by atoms with Crippen LogP contribution in [0.25, 0.3) is 0 Å². The minimum Gasteiger partial charge on any atom is -0.464 e. The van der Waals surface area contributed by atoms with Crippen molar-refractivity contribution in [1.82, 2.24) is 9.80 Å². The molecule has 2 heterocycles. The van der Waals surface area contributed by atoms with E-state index < -0.39 is 0 Å². The molecule has 2 fully saturated rings. The van der Waals surface area contributed by atoms with Gasteiger partial charge in [0.2, 0.25) is 0 Å². The molecule has 0 bridgehead atoms. The van der Waals surface area contributed by atoms with Gasteiger partial charge in [0.15, 0.2) is 0 Å². The molecule has 0 aliphatic carbocycles. The van der Waals surface area contributed by atoms with Gasteiger partial charge in [-0.15, -0.1) is 0 Å². The van der Waals surface area contributed by atoms with Crippen molar-refractivity contribution >= 4 is 5.97 Å². The van der Waals surface area contributed by atoms with E-state index in [1.165, 1.54) is 32.4 Å². The lowest BCUT2D eigenvalue weighted by Crippen LogP contribution is -2.38. The Kier molecular flexibility index (Phi) is 6.07. The number of hydrogen-bond acceptors (Lipinski definition) is 5. The van der Waals surface area contributed by atoms with Crippen molar-refractivity contribution in [3.63, 3.8) is 0 Å². The molecule has 1 atom stereocenters. The normalized spacial score (nSPS) is 25.0. The number of carbonyl (C=O) groups is 1. The lowest BCUT2D eigenvalue weighted by Gasteiger charge is -2.25. The maximum absolute atomic E-state index is 11.1. The summed E-state index contributed by atoms with van der Waals surface area (Å²) >= 11 is 0. The van der Waals surface area contributed by atoms with Gasteiger partial charge in [-0.1, -0.05) is 0 Å². The zero-order valence-electron chi connectivity index (χ0n) is 12.0. The number of hydrogen-bond donors (Lipinski definition) is 0. The van der Waals surface area contributed by atoms with E-state index in [2.05, 4.69) is 9.80 Å². The third-order valence-electron chi connectivity index (χ3n) is 3.96. The van der Waals surface area contributed by atoms with Crippen LogP contribution in [-0.4, -0.2) is 74.4 Å². The van der Waals surface area contributed by atoms with Gasteiger partial charge in [0.05, 0.1) is 13.2 Å². The second-order valence-electron chi connectivity index (χ2n) is 5.34.